The number of piperidine rings is 1. The van der Waals surface area contributed by atoms with Crippen molar-refractivity contribution in [2.24, 2.45) is 0 Å². The molecule has 2 aliphatic heterocycles. The highest BCUT2D eigenvalue weighted by atomic mass is 19.4. The number of amides is 1. The maximum absolute atomic E-state index is 13.4. The smallest absolute Gasteiger partial charge is 0.475 e. The molecule has 1 spiro atoms. The number of nitrogens with zero attached hydrogens (tertiary/aromatic N) is 5. The van der Waals surface area contributed by atoms with Crippen LogP contribution >= 0.6 is 0 Å². The molecule has 2 aliphatic rings. The van der Waals surface area contributed by atoms with Gasteiger partial charge in [0, 0.05) is 37.4 Å². The molecule has 3 aromatic rings. The molecule has 5 rings (SSSR count). The summed E-state index contributed by atoms with van der Waals surface area (Å²) < 4.78 is 47.9. The molecule has 0 bridgehead atoms. The molecule has 40 heavy (non-hydrogen) atoms. The number of pyridine rings is 1. The molecule has 1 saturated heterocycles. The minimum atomic E-state index is -5.08. The summed E-state index contributed by atoms with van der Waals surface area (Å²) in [5, 5.41) is 11.8. The Hall–Kier alpha value is -4.36. The monoisotopic (exact) mass is 563 g/mol. The number of carboxylic acids is 1. The van der Waals surface area contributed by atoms with E-state index < -0.39 is 23.3 Å². The number of rotatable bonds is 4. The highest BCUT2D eigenvalue weighted by molar-refractivity contribution is 5.79. The van der Waals surface area contributed by atoms with Gasteiger partial charge in [-0.15, -0.1) is 0 Å². The van der Waals surface area contributed by atoms with Crippen LogP contribution in [-0.2, 0) is 34.5 Å². The normalized spacial score (nSPS) is 15.8. The van der Waals surface area contributed by atoms with Crippen LogP contribution < -0.4 is 11.1 Å². The van der Waals surface area contributed by atoms with E-state index in [4.69, 9.17) is 9.90 Å². The third-order valence-corrected chi connectivity index (χ3v) is 7.04. The lowest BCUT2D eigenvalue weighted by Gasteiger charge is -2.38. The first-order chi connectivity index (χ1) is 18.9. The first-order valence-electron chi connectivity index (χ1n) is 12.3. The minimum Gasteiger partial charge on any atom is -0.475 e. The zero-order valence-electron chi connectivity index (χ0n) is 21.1. The Bertz CT molecular complexity index is 1510. The minimum absolute atomic E-state index is 0.0413. The van der Waals surface area contributed by atoms with Crippen molar-refractivity contribution in [3.05, 3.63) is 92.3 Å². The summed E-state index contributed by atoms with van der Waals surface area (Å²) >= 11 is 0. The van der Waals surface area contributed by atoms with Crippen molar-refractivity contribution in [3.63, 3.8) is 0 Å². The maximum Gasteiger partial charge on any atom is 0.490 e. The van der Waals surface area contributed by atoms with Gasteiger partial charge in [-0.25, -0.2) is 13.9 Å². The third kappa shape index (κ3) is 6.26. The van der Waals surface area contributed by atoms with Crippen LogP contribution in [0, 0.1) is 5.82 Å². The number of carbonyl (C=O) groups excluding carboxylic acids is 1. The van der Waals surface area contributed by atoms with Gasteiger partial charge in [0.2, 0.25) is 5.91 Å². The first-order valence-corrected chi connectivity index (χ1v) is 12.3. The molecule has 1 aromatic carbocycles. The Balaban J connectivity index is 0.000000470. The van der Waals surface area contributed by atoms with E-state index in [1.807, 2.05) is 6.07 Å². The van der Waals surface area contributed by atoms with E-state index in [0.717, 1.165) is 12.0 Å². The average molecular weight is 564 g/mol. The molecule has 0 saturated carbocycles. The first kappa shape index (κ1) is 28.6. The fourth-order valence-corrected chi connectivity index (χ4v) is 4.94. The zero-order valence-corrected chi connectivity index (χ0v) is 21.1. The summed E-state index contributed by atoms with van der Waals surface area (Å²) in [7, 11) is 0. The van der Waals surface area contributed by atoms with Crippen molar-refractivity contribution in [2.75, 3.05) is 13.1 Å². The van der Waals surface area contributed by atoms with E-state index in [9.17, 15) is 31.9 Å². The number of aliphatic carboxylic acids is 1. The summed E-state index contributed by atoms with van der Waals surface area (Å²) in [6, 6.07) is 9.71. The van der Waals surface area contributed by atoms with Gasteiger partial charge in [0.05, 0.1) is 13.0 Å². The van der Waals surface area contributed by atoms with Gasteiger partial charge in [-0.3, -0.25) is 23.9 Å². The van der Waals surface area contributed by atoms with Crippen molar-refractivity contribution >= 4 is 11.9 Å². The van der Waals surface area contributed by atoms with Crippen LogP contribution in [0.3, 0.4) is 0 Å². The van der Waals surface area contributed by atoms with E-state index in [0.29, 0.717) is 43.9 Å². The fraction of sp³-hybridized carbons (Fsp3) is 0.385. The molecule has 10 nitrogen and oxygen atoms in total. The van der Waals surface area contributed by atoms with Gasteiger partial charge in [-0.2, -0.15) is 18.3 Å². The Kier molecular flexibility index (Phi) is 8.16. The molecule has 0 atom stereocenters. The zero-order chi connectivity index (χ0) is 29.1. The van der Waals surface area contributed by atoms with Crippen LogP contribution in [0.15, 0.2) is 58.4 Å². The van der Waals surface area contributed by atoms with Gasteiger partial charge in [-0.05, 0) is 48.6 Å². The molecular weight excluding hydrogens is 538 g/mol. The van der Waals surface area contributed by atoms with Gasteiger partial charge in [0.15, 0.2) is 0 Å². The standard InChI is InChI=1S/C24H24FN5O3.C2HF3O2/c25-19-5-1-3-17(13-19)14-20(31)28-10-6-24(7-11-28)8-12-29-21(32)22(33)30(27-23(24)29)16-18-4-2-9-26-15-18;3-2(4,5)1(6)7/h1-5,9,13,15H,6-8,10-12,14,16H2;(H,6,7). The molecule has 2 aromatic heterocycles. The average Bonchev–Trinajstić information content (AvgIpc) is 3.25. The quantitative estimate of drug-likeness (QED) is 0.381. The number of halogens is 4. The van der Waals surface area contributed by atoms with Crippen molar-refractivity contribution < 1.29 is 32.3 Å². The SMILES string of the molecule is O=C(Cc1cccc(F)c1)N1CCC2(CC1)CCn1c2nn(Cc2cccnc2)c(=O)c1=O.O=C(O)C(F)(F)F. The molecular formula is C26H25F4N5O5. The number of hydrogen-bond acceptors (Lipinski definition) is 6. The van der Waals surface area contributed by atoms with Crippen molar-refractivity contribution in [2.45, 2.75) is 50.4 Å². The van der Waals surface area contributed by atoms with E-state index in [-0.39, 0.29) is 30.1 Å². The maximum atomic E-state index is 13.4. The van der Waals surface area contributed by atoms with E-state index in [1.54, 1.807) is 35.5 Å². The summed E-state index contributed by atoms with van der Waals surface area (Å²) in [5.74, 6) is -2.52. The molecule has 4 heterocycles. The predicted molar refractivity (Wildman–Crippen MR) is 132 cm³/mol. The second-order valence-electron chi connectivity index (χ2n) is 9.63. The van der Waals surface area contributed by atoms with Crippen LogP contribution in [0.1, 0.15) is 36.2 Å². The number of alkyl halides is 3. The molecule has 0 unspecified atom stereocenters. The van der Waals surface area contributed by atoms with Crippen LogP contribution in [0.2, 0.25) is 0 Å². The van der Waals surface area contributed by atoms with Gasteiger partial charge in [-0.1, -0.05) is 18.2 Å². The second-order valence-corrected chi connectivity index (χ2v) is 9.63. The third-order valence-electron chi connectivity index (χ3n) is 7.04. The number of aromatic nitrogens is 4. The van der Waals surface area contributed by atoms with Crippen LogP contribution in [-0.4, -0.2) is 60.5 Å². The highest BCUT2D eigenvalue weighted by Crippen LogP contribution is 2.41. The Morgan fingerprint density at radius 1 is 0.975 bits per heavy atom. The second kappa shape index (κ2) is 11.4. The summed E-state index contributed by atoms with van der Waals surface area (Å²) in [6.07, 6.45) is 0.424. The number of hydrogen-bond donors (Lipinski definition) is 1. The Labute approximate surface area is 224 Å². The number of likely N-dealkylation sites (tertiary alicyclic amines) is 1. The molecule has 212 valence electrons. The summed E-state index contributed by atoms with van der Waals surface area (Å²) in [5.41, 5.74) is -0.0766. The lowest BCUT2D eigenvalue weighted by atomic mass is 9.76. The van der Waals surface area contributed by atoms with Crippen molar-refractivity contribution in [1.29, 1.82) is 0 Å². The molecule has 0 radical (unpaired) electrons. The van der Waals surface area contributed by atoms with Crippen LogP contribution in [0.5, 0.6) is 0 Å². The Morgan fingerprint density at radius 3 is 2.23 bits per heavy atom. The van der Waals surface area contributed by atoms with Gasteiger partial charge in [0.25, 0.3) is 0 Å². The topological polar surface area (TPSA) is 127 Å². The predicted octanol–water partition coefficient (Wildman–Crippen LogP) is 2.13. The van der Waals surface area contributed by atoms with Crippen molar-refractivity contribution in [1.82, 2.24) is 24.2 Å². The number of fused-ring (bicyclic) bond motifs is 2. The van der Waals surface area contributed by atoms with Crippen LogP contribution in [0.25, 0.3) is 0 Å². The highest BCUT2D eigenvalue weighted by Gasteiger charge is 2.45. The molecule has 0 aliphatic carbocycles. The Morgan fingerprint density at radius 2 is 1.62 bits per heavy atom. The summed E-state index contributed by atoms with van der Waals surface area (Å²) in [4.78, 5) is 52.9. The molecule has 1 amide bonds. The van der Waals surface area contributed by atoms with Gasteiger partial charge in [0.1, 0.15) is 11.6 Å². The largest absolute Gasteiger partial charge is 0.490 e. The lowest BCUT2D eigenvalue weighted by molar-refractivity contribution is -0.192. The van der Waals surface area contributed by atoms with Gasteiger partial charge >= 0.3 is 23.3 Å². The van der Waals surface area contributed by atoms with Gasteiger partial charge < -0.3 is 10.0 Å². The number of benzene rings is 1. The van der Waals surface area contributed by atoms with Crippen LogP contribution in [0.4, 0.5) is 17.6 Å². The van der Waals surface area contributed by atoms with E-state index in [1.165, 1.54) is 21.4 Å². The number of carbonyl (C=O) groups is 2. The fourth-order valence-electron chi connectivity index (χ4n) is 4.94. The summed E-state index contributed by atoms with van der Waals surface area (Å²) in [6.45, 7) is 1.71. The molecule has 1 N–H and O–H groups in total. The van der Waals surface area contributed by atoms with Crippen molar-refractivity contribution in [3.8, 4) is 0 Å². The van der Waals surface area contributed by atoms with E-state index in [2.05, 4.69) is 10.1 Å². The molecule has 1 fully saturated rings. The lowest BCUT2D eigenvalue weighted by Crippen LogP contribution is -2.48. The number of carboxylic acid groups (broad SMARTS) is 1. The molecule has 14 heteroatoms. The van der Waals surface area contributed by atoms with E-state index >= 15 is 0 Å².